The van der Waals surface area contributed by atoms with Crippen LogP contribution in [0, 0.1) is 17.5 Å². The molecule has 1 atom stereocenters. The molecule has 1 aliphatic rings. The zero-order valence-corrected chi connectivity index (χ0v) is 19.8. The number of amides is 3. The molecule has 10 heteroatoms. The first-order valence-electron chi connectivity index (χ1n) is 11.0. The van der Waals surface area contributed by atoms with Gasteiger partial charge in [-0.25, -0.2) is 22.9 Å². The molecule has 2 aromatic heterocycles. The average molecular weight is 509 g/mol. The molecule has 1 unspecified atom stereocenters. The van der Waals surface area contributed by atoms with E-state index in [1.807, 2.05) is 24.3 Å². The summed E-state index contributed by atoms with van der Waals surface area (Å²) in [5.74, 6) is -4.76. The molecule has 182 valence electrons. The second-order valence-electron chi connectivity index (χ2n) is 8.15. The number of urea groups is 1. The molecule has 0 N–H and O–H groups in total. The Morgan fingerprint density at radius 1 is 0.944 bits per heavy atom. The predicted molar refractivity (Wildman–Crippen MR) is 130 cm³/mol. The predicted octanol–water partition coefficient (Wildman–Crippen LogP) is 5.35. The lowest BCUT2D eigenvalue weighted by Gasteiger charge is -2.22. The molecular formula is C26H19F3N4O2S. The molecule has 1 fully saturated rings. The number of benzene rings is 2. The molecule has 1 saturated heterocycles. The average Bonchev–Trinajstić information content (AvgIpc) is 3.11. The summed E-state index contributed by atoms with van der Waals surface area (Å²) in [4.78, 5) is 36.9. The van der Waals surface area contributed by atoms with E-state index in [1.54, 1.807) is 36.7 Å². The number of thioether (sulfide) groups is 1. The van der Waals surface area contributed by atoms with Crippen molar-refractivity contribution in [2.24, 2.45) is 0 Å². The molecule has 0 spiro atoms. The van der Waals surface area contributed by atoms with Crippen molar-refractivity contribution < 1.29 is 22.8 Å². The quantitative estimate of drug-likeness (QED) is 0.200. The topological polar surface area (TPSA) is 66.4 Å². The summed E-state index contributed by atoms with van der Waals surface area (Å²) in [5.41, 5.74) is 1.19. The van der Waals surface area contributed by atoms with Crippen molar-refractivity contribution in [1.29, 1.82) is 0 Å². The number of hydrogen-bond acceptors (Lipinski definition) is 5. The molecule has 3 amide bonds. The SMILES string of the molecule is CSc1c(F)cc(N2C(=O)C(Cc3ccccn3)N(Cc3ccnc4ccccc34)C2=O)c(F)c1F. The Hall–Kier alpha value is -3.92. The van der Waals surface area contributed by atoms with Crippen LogP contribution in [0.2, 0.25) is 0 Å². The largest absolute Gasteiger partial charge is 0.332 e. The van der Waals surface area contributed by atoms with Crippen LogP contribution in [0.3, 0.4) is 0 Å². The third-order valence-corrected chi connectivity index (χ3v) is 6.85. The number of carbonyl (C=O) groups is 2. The first-order valence-corrected chi connectivity index (χ1v) is 12.2. The Kier molecular flexibility index (Phi) is 6.36. The number of rotatable bonds is 6. The van der Waals surface area contributed by atoms with Crippen molar-refractivity contribution in [3.63, 3.8) is 0 Å². The van der Waals surface area contributed by atoms with E-state index < -0.39 is 46.0 Å². The van der Waals surface area contributed by atoms with Crippen molar-refractivity contribution in [1.82, 2.24) is 14.9 Å². The van der Waals surface area contributed by atoms with Crippen LogP contribution in [-0.4, -0.2) is 39.1 Å². The van der Waals surface area contributed by atoms with Crippen LogP contribution in [0.5, 0.6) is 0 Å². The molecule has 36 heavy (non-hydrogen) atoms. The van der Waals surface area contributed by atoms with Crippen LogP contribution >= 0.6 is 11.8 Å². The fraction of sp³-hybridized carbons (Fsp3) is 0.154. The Morgan fingerprint density at radius 2 is 1.72 bits per heavy atom. The maximum absolute atomic E-state index is 15.0. The van der Waals surface area contributed by atoms with Crippen LogP contribution < -0.4 is 4.90 Å². The van der Waals surface area contributed by atoms with E-state index in [-0.39, 0.29) is 13.0 Å². The summed E-state index contributed by atoms with van der Waals surface area (Å²) < 4.78 is 44.1. The fourth-order valence-corrected chi connectivity index (χ4v) is 4.87. The Bertz CT molecular complexity index is 1480. The standard InChI is InChI=1S/C26H19F3N4O2S/c1-36-24-18(27)13-20(22(28)23(24)29)33-25(34)21(12-16-6-4-5-10-30-16)32(26(33)35)14-15-9-11-31-19-8-3-2-7-17(15)19/h2-11,13,21H,12,14H2,1H3. The van der Waals surface area contributed by atoms with E-state index in [4.69, 9.17) is 0 Å². The van der Waals surface area contributed by atoms with Gasteiger partial charge in [-0.2, -0.15) is 0 Å². The summed E-state index contributed by atoms with van der Waals surface area (Å²) in [6.07, 6.45) is 4.59. The number of nitrogens with zero attached hydrogens (tertiary/aromatic N) is 4. The summed E-state index contributed by atoms with van der Waals surface area (Å²) in [6.45, 7) is -0.00289. The van der Waals surface area contributed by atoms with Gasteiger partial charge in [0.15, 0.2) is 11.6 Å². The second-order valence-corrected chi connectivity index (χ2v) is 8.97. The van der Waals surface area contributed by atoms with Gasteiger partial charge in [-0.1, -0.05) is 24.3 Å². The van der Waals surface area contributed by atoms with Gasteiger partial charge >= 0.3 is 6.03 Å². The number of pyridine rings is 2. The number of halogens is 3. The number of fused-ring (bicyclic) bond motifs is 1. The highest BCUT2D eigenvalue weighted by Gasteiger charge is 2.47. The van der Waals surface area contributed by atoms with Crippen LogP contribution in [0.1, 0.15) is 11.3 Å². The number of imide groups is 1. The van der Waals surface area contributed by atoms with Crippen LogP contribution in [0.25, 0.3) is 10.9 Å². The lowest BCUT2D eigenvalue weighted by Crippen LogP contribution is -2.36. The molecule has 2 aromatic carbocycles. The van der Waals surface area contributed by atoms with Gasteiger partial charge < -0.3 is 4.90 Å². The van der Waals surface area contributed by atoms with Gasteiger partial charge in [0.05, 0.1) is 16.1 Å². The minimum Gasteiger partial charge on any atom is -0.307 e. The Morgan fingerprint density at radius 3 is 2.47 bits per heavy atom. The molecule has 0 radical (unpaired) electrons. The number of carbonyl (C=O) groups excluding carboxylic acids is 2. The van der Waals surface area contributed by atoms with E-state index >= 15 is 4.39 Å². The summed E-state index contributed by atoms with van der Waals surface area (Å²) in [5, 5.41) is 0.780. The fourth-order valence-electron chi connectivity index (χ4n) is 4.34. The Balaban J connectivity index is 1.59. The molecule has 4 aromatic rings. The van der Waals surface area contributed by atoms with E-state index in [1.165, 1.54) is 11.2 Å². The number of aromatic nitrogens is 2. The summed E-state index contributed by atoms with van der Waals surface area (Å²) in [7, 11) is 0. The smallest absolute Gasteiger partial charge is 0.307 e. The minimum atomic E-state index is -1.46. The van der Waals surface area contributed by atoms with Crippen molar-refractivity contribution in [2.45, 2.75) is 23.9 Å². The summed E-state index contributed by atoms with van der Waals surface area (Å²) >= 11 is 0.692. The number of hydrogen-bond donors (Lipinski definition) is 0. The van der Waals surface area contributed by atoms with Gasteiger partial charge in [0, 0.05) is 42.5 Å². The van der Waals surface area contributed by atoms with Gasteiger partial charge in [-0.15, -0.1) is 11.8 Å². The zero-order chi connectivity index (χ0) is 25.4. The third kappa shape index (κ3) is 4.07. The van der Waals surface area contributed by atoms with E-state index in [0.29, 0.717) is 39.5 Å². The number of anilines is 1. The first-order chi connectivity index (χ1) is 17.4. The highest BCUT2D eigenvalue weighted by Crippen LogP contribution is 2.36. The second kappa shape index (κ2) is 9.62. The van der Waals surface area contributed by atoms with E-state index in [2.05, 4.69) is 9.97 Å². The molecule has 0 aliphatic carbocycles. The van der Waals surface area contributed by atoms with Crippen LogP contribution in [0.15, 0.2) is 71.9 Å². The van der Waals surface area contributed by atoms with Crippen LogP contribution in [-0.2, 0) is 17.8 Å². The van der Waals surface area contributed by atoms with Gasteiger partial charge in [-0.05, 0) is 36.1 Å². The monoisotopic (exact) mass is 508 g/mol. The van der Waals surface area contributed by atoms with E-state index in [0.717, 1.165) is 5.39 Å². The lowest BCUT2D eigenvalue weighted by atomic mass is 10.1. The highest BCUT2D eigenvalue weighted by molar-refractivity contribution is 7.98. The van der Waals surface area contributed by atoms with E-state index in [9.17, 15) is 18.4 Å². The van der Waals surface area contributed by atoms with Crippen molar-refractivity contribution in [2.75, 3.05) is 11.2 Å². The van der Waals surface area contributed by atoms with Gasteiger partial charge in [0.1, 0.15) is 11.9 Å². The Labute approximate surface area is 208 Å². The molecule has 1 aliphatic heterocycles. The van der Waals surface area contributed by atoms with Gasteiger partial charge in [-0.3, -0.25) is 14.8 Å². The maximum Gasteiger partial charge on any atom is 0.332 e. The van der Waals surface area contributed by atoms with Crippen molar-refractivity contribution in [3.8, 4) is 0 Å². The maximum atomic E-state index is 15.0. The molecule has 3 heterocycles. The summed E-state index contributed by atoms with van der Waals surface area (Å²) in [6, 6.07) is 13.0. The zero-order valence-electron chi connectivity index (χ0n) is 19.0. The van der Waals surface area contributed by atoms with Gasteiger partial charge in [0.25, 0.3) is 5.91 Å². The molecule has 0 bridgehead atoms. The molecule has 0 saturated carbocycles. The normalized spacial score (nSPS) is 15.8. The number of para-hydroxylation sites is 1. The molecule has 5 rings (SSSR count). The molecular weight excluding hydrogens is 489 g/mol. The lowest BCUT2D eigenvalue weighted by molar-refractivity contribution is -0.119. The molecule has 6 nitrogen and oxygen atoms in total. The third-order valence-electron chi connectivity index (χ3n) is 6.07. The first kappa shape index (κ1) is 23.8. The van der Waals surface area contributed by atoms with Crippen molar-refractivity contribution >= 4 is 40.3 Å². The highest BCUT2D eigenvalue weighted by atomic mass is 32.2. The minimum absolute atomic E-state index is 0.00289. The van der Waals surface area contributed by atoms with Crippen molar-refractivity contribution in [3.05, 3.63) is 95.7 Å². The van der Waals surface area contributed by atoms with Gasteiger partial charge in [0.2, 0.25) is 0 Å². The van der Waals surface area contributed by atoms with Crippen LogP contribution in [0.4, 0.5) is 23.7 Å².